The maximum absolute atomic E-state index is 4.34. The molecule has 0 amide bonds. The maximum Gasteiger partial charge on any atom is 0.134 e. The highest BCUT2D eigenvalue weighted by Crippen LogP contribution is 2.34. The molecule has 1 fully saturated rings. The van der Waals surface area contributed by atoms with Crippen LogP contribution in [-0.4, -0.2) is 28.2 Å². The molecule has 1 saturated heterocycles. The molecule has 1 N–H and O–H groups in total. The summed E-state index contributed by atoms with van der Waals surface area (Å²) in [6.45, 7) is 5.40. The first-order chi connectivity index (χ1) is 7.81. The van der Waals surface area contributed by atoms with Gasteiger partial charge >= 0.3 is 0 Å². The zero-order chi connectivity index (χ0) is 11.4. The van der Waals surface area contributed by atoms with Gasteiger partial charge in [-0.1, -0.05) is 18.3 Å². The van der Waals surface area contributed by atoms with Gasteiger partial charge in [-0.15, -0.1) is 10.2 Å². The predicted octanol–water partition coefficient (Wildman–Crippen LogP) is 2.82. The Balaban J connectivity index is 1.95. The molecule has 16 heavy (non-hydrogen) atoms. The molecule has 0 spiro atoms. The van der Waals surface area contributed by atoms with Crippen LogP contribution in [0.2, 0.25) is 0 Å². The number of hydrogen-bond donors (Lipinski definition) is 1. The van der Waals surface area contributed by atoms with Crippen LogP contribution < -0.4 is 5.32 Å². The van der Waals surface area contributed by atoms with E-state index in [9.17, 15) is 0 Å². The zero-order valence-electron chi connectivity index (χ0n) is 9.90. The third kappa shape index (κ3) is 2.96. The van der Waals surface area contributed by atoms with Crippen LogP contribution in [0.15, 0.2) is 0 Å². The van der Waals surface area contributed by atoms with E-state index < -0.39 is 0 Å². The lowest BCUT2D eigenvalue weighted by Crippen LogP contribution is -2.19. The SMILES string of the molecule is CCCNC(C)c1nnc(C2CCSC2)s1. The van der Waals surface area contributed by atoms with Crippen LogP contribution in [0.25, 0.3) is 0 Å². The van der Waals surface area contributed by atoms with Crippen LogP contribution in [0.1, 0.15) is 48.7 Å². The molecule has 2 unspecified atom stereocenters. The van der Waals surface area contributed by atoms with Crippen LogP contribution in [0.4, 0.5) is 0 Å². The predicted molar refractivity (Wildman–Crippen MR) is 71.3 cm³/mol. The second-order valence-corrected chi connectivity index (χ2v) is 6.41. The highest BCUT2D eigenvalue weighted by Gasteiger charge is 2.22. The number of rotatable bonds is 5. The quantitative estimate of drug-likeness (QED) is 0.880. The second kappa shape index (κ2) is 5.98. The van der Waals surface area contributed by atoms with Gasteiger partial charge in [0.2, 0.25) is 0 Å². The monoisotopic (exact) mass is 257 g/mol. The Morgan fingerprint density at radius 3 is 3.06 bits per heavy atom. The van der Waals surface area contributed by atoms with E-state index in [1.807, 2.05) is 11.8 Å². The molecule has 90 valence electrons. The normalized spacial score (nSPS) is 22.5. The molecule has 5 heteroatoms. The van der Waals surface area contributed by atoms with Crippen molar-refractivity contribution < 1.29 is 0 Å². The van der Waals surface area contributed by atoms with Crippen molar-refractivity contribution in [2.45, 2.75) is 38.6 Å². The van der Waals surface area contributed by atoms with Gasteiger partial charge in [-0.05, 0) is 32.1 Å². The highest BCUT2D eigenvalue weighted by atomic mass is 32.2. The Morgan fingerprint density at radius 1 is 1.50 bits per heavy atom. The first-order valence-corrected chi connectivity index (χ1v) is 7.92. The van der Waals surface area contributed by atoms with E-state index in [1.54, 1.807) is 11.3 Å². The van der Waals surface area contributed by atoms with Gasteiger partial charge in [-0.25, -0.2) is 0 Å². The van der Waals surface area contributed by atoms with Crippen LogP contribution >= 0.6 is 23.1 Å². The third-order valence-corrected chi connectivity index (χ3v) is 5.24. The smallest absolute Gasteiger partial charge is 0.134 e. The summed E-state index contributed by atoms with van der Waals surface area (Å²) in [4.78, 5) is 0. The minimum absolute atomic E-state index is 0.347. The Morgan fingerprint density at radius 2 is 2.38 bits per heavy atom. The first-order valence-electron chi connectivity index (χ1n) is 5.95. The van der Waals surface area contributed by atoms with E-state index in [2.05, 4.69) is 29.4 Å². The third-order valence-electron chi connectivity index (χ3n) is 2.81. The molecule has 1 aromatic heterocycles. The summed E-state index contributed by atoms with van der Waals surface area (Å²) in [6, 6.07) is 0.347. The second-order valence-electron chi connectivity index (χ2n) is 4.21. The Hall–Kier alpha value is -0.130. The molecular formula is C11H19N3S2. The Bertz CT molecular complexity index is 321. The Labute approximate surface area is 105 Å². The van der Waals surface area contributed by atoms with Crippen molar-refractivity contribution >= 4 is 23.1 Å². The van der Waals surface area contributed by atoms with Gasteiger partial charge in [-0.2, -0.15) is 11.8 Å². The van der Waals surface area contributed by atoms with Crippen molar-refractivity contribution in [3.05, 3.63) is 10.0 Å². The number of nitrogens with one attached hydrogen (secondary N) is 1. The number of aromatic nitrogens is 2. The molecule has 1 aliphatic rings. The van der Waals surface area contributed by atoms with Gasteiger partial charge in [0.1, 0.15) is 10.0 Å². The van der Waals surface area contributed by atoms with Gasteiger partial charge < -0.3 is 5.32 Å². The average molecular weight is 257 g/mol. The fourth-order valence-electron chi connectivity index (χ4n) is 1.76. The maximum atomic E-state index is 4.34. The molecule has 0 bridgehead atoms. The highest BCUT2D eigenvalue weighted by molar-refractivity contribution is 7.99. The molecule has 2 heterocycles. The van der Waals surface area contributed by atoms with E-state index in [1.165, 1.54) is 22.9 Å². The van der Waals surface area contributed by atoms with E-state index in [-0.39, 0.29) is 0 Å². The van der Waals surface area contributed by atoms with E-state index in [0.717, 1.165) is 18.0 Å². The van der Waals surface area contributed by atoms with Crippen LogP contribution in [0, 0.1) is 0 Å². The summed E-state index contributed by atoms with van der Waals surface area (Å²) >= 11 is 3.82. The molecule has 2 atom stereocenters. The minimum Gasteiger partial charge on any atom is -0.308 e. The molecular weight excluding hydrogens is 238 g/mol. The standard InChI is InChI=1S/C11H19N3S2/c1-3-5-12-8(2)10-13-14-11(16-10)9-4-6-15-7-9/h8-9,12H,3-7H2,1-2H3. The number of nitrogens with zero attached hydrogens (tertiary/aromatic N) is 2. The van der Waals surface area contributed by atoms with E-state index in [0.29, 0.717) is 12.0 Å². The van der Waals surface area contributed by atoms with Gasteiger partial charge in [-0.3, -0.25) is 0 Å². The summed E-state index contributed by atoms with van der Waals surface area (Å²) in [6.07, 6.45) is 2.44. The average Bonchev–Trinajstić information content (AvgIpc) is 2.94. The van der Waals surface area contributed by atoms with Gasteiger partial charge in [0.05, 0.1) is 6.04 Å². The topological polar surface area (TPSA) is 37.8 Å². The molecule has 0 aliphatic carbocycles. The molecule has 0 aromatic carbocycles. The van der Waals surface area contributed by atoms with Crippen LogP contribution in [0.3, 0.4) is 0 Å². The summed E-state index contributed by atoms with van der Waals surface area (Å²) in [7, 11) is 0. The van der Waals surface area contributed by atoms with Crippen LogP contribution in [-0.2, 0) is 0 Å². The van der Waals surface area contributed by atoms with Crippen LogP contribution in [0.5, 0.6) is 0 Å². The van der Waals surface area contributed by atoms with Gasteiger partial charge in [0.15, 0.2) is 0 Å². The molecule has 0 saturated carbocycles. The fraction of sp³-hybridized carbons (Fsp3) is 0.818. The number of thioether (sulfide) groups is 1. The Kier molecular flexibility index (Phi) is 4.61. The van der Waals surface area contributed by atoms with Crippen molar-refractivity contribution in [2.75, 3.05) is 18.1 Å². The lowest BCUT2D eigenvalue weighted by molar-refractivity contribution is 0.563. The molecule has 1 aliphatic heterocycles. The van der Waals surface area contributed by atoms with E-state index in [4.69, 9.17) is 0 Å². The van der Waals surface area contributed by atoms with Crippen molar-refractivity contribution in [1.82, 2.24) is 15.5 Å². The largest absolute Gasteiger partial charge is 0.308 e. The summed E-state index contributed by atoms with van der Waals surface area (Å²) in [5, 5.41) is 14.5. The van der Waals surface area contributed by atoms with Crippen molar-refractivity contribution in [3.63, 3.8) is 0 Å². The minimum atomic E-state index is 0.347. The van der Waals surface area contributed by atoms with E-state index >= 15 is 0 Å². The number of hydrogen-bond acceptors (Lipinski definition) is 5. The van der Waals surface area contributed by atoms with Crippen molar-refractivity contribution in [1.29, 1.82) is 0 Å². The molecule has 0 radical (unpaired) electrons. The molecule has 2 rings (SSSR count). The van der Waals surface area contributed by atoms with Crippen molar-refractivity contribution in [3.8, 4) is 0 Å². The van der Waals surface area contributed by atoms with Gasteiger partial charge in [0, 0.05) is 11.7 Å². The van der Waals surface area contributed by atoms with Crippen molar-refractivity contribution in [2.24, 2.45) is 0 Å². The fourth-order valence-corrected chi connectivity index (χ4v) is 4.10. The van der Waals surface area contributed by atoms with Gasteiger partial charge in [0.25, 0.3) is 0 Å². The summed E-state index contributed by atoms with van der Waals surface area (Å²) in [5.41, 5.74) is 0. The summed E-state index contributed by atoms with van der Waals surface area (Å²) < 4.78 is 0. The molecule has 3 nitrogen and oxygen atoms in total. The lowest BCUT2D eigenvalue weighted by atomic mass is 10.1. The molecule has 1 aromatic rings. The zero-order valence-corrected chi connectivity index (χ0v) is 11.5. The lowest BCUT2D eigenvalue weighted by Gasteiger charge is -2.08. The summed E-state index contributed by atoms with van der Waals surface area (Å²) in [5.74, 6) is 3.17. The first kappa shape index (κ1) is 12.3.